The van der Waals surface area contributed by atoms with E-state index >= 15 is 0 Å². The lowest BCUT2D eigenvalue weighted by Crippen LogP contribution is -2.11. The Morgan fingerprint density at radius 2 is 1.84 bits per heavy atom. The number of nitrogens with zero attached hydrogens (tertiary/aromatic N) is 1. The molecular formula is C18H14ClNO4S. The molecule has 3 rings (SSSR count). The summed E-state index contributed by atoms with van der Waals surface area (Å²) < 4.78 is 27.0. The van der Waals surface area contributed by atoms with E-state index < -0.39 is 10.0 Å². The number of aromatic nitrogens is 1. The van der Waals surface area contributed by atoms with Crippen LogP contribution in [0.25, 0.3) is 16.7 Å². The lowest BCUT2D eigenvalue weighted by Gasteiger charge is -2.07. The minimum atomic E-state index is -3.87. The number of benzene rings is 2. The summed E-state index contributed by atoms with van der Waals surface area (Å²) >= 11 is 6.01. The number of allylic oxidation sites excluding steroid dienone is 1. The molecule has 0 aliphatic carbocycles. The normalized spacial score (nSPS) is 12.5. The summed E-state index contributed by atoms with van der Waals surface area (Å²) in [5, 5.41) is 11.0. The van der Waals surface area contributed by atoms with Gasteiger partial charge in [-0.15, -0.1) is 0 Å². The highest BCUT2D eigenvalue weighted by molar-refractivity contribution is 7.90. The molecule has 1 N–H and O–H groups in total. The van der Waals surface area contributed by atoms with Crippen molar-refractivity contribution in [2.24, 2.45) is 0 Å². The number of rotatable bonds is 4. The third-order valence-corrected chi connectivity index (χ3v) is 5.57. The van der Waals surface area contributed by atoms with Crippen LogP contribution in [-0.2, 0) is 14.8 Å². The summed E-state index contributed by atoms with van der Waals surface area (Å²) in [7, 11) is -3.87. The van der Waals surface area contributed by atoms with Gasteiger partial charge in [-0.2, -0.15) is 0 Å². The van der Waals surface area contributed by atoms with Crippen LogP contribution >= 0.6 is 11.6 Å². The predicted octanol–water partition coefficient (Wildman–Crippen LogP) is 4.02. The van der Waals surface area contributed by atoms with Gasteiger partial charge in [0.1, 0.15) is 5.76 Å². The summed E-state index contributed by atoms with van der Waals surface area (Å²) in [4.78, 5) is 11.4. The van der Waals surface area contributed by atoms with Gasteiger partial charge in [-0.25, -0.2) is 12.4 Å². The van der Waals surface area contributed by atoms with E-state index in [9.17, 15) is 18.3 Å². The molecule has 2 aromatic carbocycles. The van der Waals surface area contributed by atoms with Gasteiger partial charge in [-0.1, -0.05) is 29.8 Å². The number of carbonyl (C=O) groups excluding carboxylic acids is 1. The Morgan fingerprint density at radius 1 is 1.16 bits per heavy atom. The largest absolute Gasteiger partial charge is 0.507 e. The standard InChI is InChI=1S/C18H14ClNO4S/c1-12(21)9-18(22)16-11-20(17-8-7-13(19)10-15(16)17)25(23,24)14-5-3-2-4-6-14/h2-11,22H,1H3/b18-9-. The number of halogens is 1. The molecule has 1 aromatic heterocycles. The fourth-order valence-electron chi connectivity index (χ4n) is 2.55. The first-order valence-corrected chi connectivity index (χ1v) is 9.15. The van der Waals surface area contributed by atoms with Crippen molar-refractivity contribution in [2.45, 2.75) is 11.8 Å². The first-order chi connectivity index (χ1) is 11.8. The molecule has 0 aliphatic rings. The third-order valence-electron chi connectivity index (χ3n) is 3.65. The van der Waals surface area contributed by atoms with Crippen molar-refractivity contribution < 1.29 is 18.3 Å². The van der Waals surface area contributed by atoms with Gasteiger partial charge < -0.3 is 5.11 Å². The molecule has 0 atom stereocenters. The predicted molar refractivity (Wildman–Crippen MR) is 97.3 cm³/mol. The van der Waals surface area contributed by atoms with Crippen LogP contribution in [0, 0.1) is 0 Å². The van der Waals surface area contributed by atoms with Crippen molar-refractivity contribution in [3.63, 3.8) is 0 Å². The number of hydrogen-bond acceptors (Lipinski definition) is 4. The molecule has 5 nitrogen and oxygen atoms in total. The number of hydrogen-bond donors (Lipinski definition) is 1. The van der Waals surface area contributed by atoms with E-state index in [1.807, 2.05) is 0 Å². The van der Waals surface area contributed by atoms with Gasteiger partial charge in [0.25, 0.3) is 10.0 Å². The second-order valence-electron chi connectivity index (χ2n) is 5.46. The average Bonchev–Trinajstić information content (AvgIpc) is 2.94. The maximum atomic E-state index is 13.0. The molecule has 128 valence electrons. The number of aliphatic hydroxyl groups excluding tert-OH is 1. The molecule has 0 bridgehead atoms. The van der Waals surface area contributed by atoms with Crippen molar-refractivity contribution in [1.29, 1.82) is 0 Å². The first kappa shape index (κ1) is 17.3. The fourth-order valence-corrected chi connectivity index (χ4v) is 4.11. The second-order valence-corrected chi connectivity index (χ2v) is 7.71. The van der Waals surface area contributed by atoms with Crippen LogP contribution < -0.4 is 0 Å². The lowest BCUT2D eigenvalue weighted by molar-refractivity contribution is -0.112. The molecule has 0 aliphatic heterocycles. The number of aliphatic hydroxyl groups is 1. The minimum Gasteiger partial charge on any atom is -0.507 e. The minimum absolute atomic E-state index is 0.114. The van der Waals surface area contributed by atoms with Crippen LogP contribution in [-0.4, -0.2) is 23.3 Å². The highest BCUT2D eigenvalue weighted by Crippen LogP contribution is 2.31. The van der Waals surface area contributed by atoms with Gasteiger partial charge in [-0.05, 0) is 37.3 Å². The van der Waals surface area contributed by atoms with E-state index in [0.717, 1.165) is 10.0 Å². The highest BCUT2D eigenvalue weighted by Gasteiger charge is 2.22. The Labute approximate surface area is 149 Å². The van der Waals surface area contributed by atoms with E-state index in [4.69, 9.17) is 11.6 Å². The smallest absolute Gasteiger partial charge is 0.268 e. The van der Waals surface area contributed by atoms with Crippen LogP contribution in [0.1, 0.15) is 12.5 Å². The van der Waals surface area contributed by atoms with Crippen LogP contribution in [0.3, 0.4) is 0 Å². The Kier molecular flexibility index (Phi) is 4.41. The number of fused-ring (bicyclic) bond motifs is 1. The first-order valence-electron chi connectivity index (χ1n) is 7.33. The zero-order valence-electron chi connectivity index (χ0n) is 13.2. The summed E-state index contributed by atoms with van der Waals surface area (Å²) in [5.41, 5.74) is 0.568. The van der Waals surface area contributed by atoms with Gasteiger partial charge in [0.2, 0.25) is 0 Å². The molecule has 0 saturated heterocycles. The van der Waals surface area contributed by atoms with Gasteiger partial charge in [-0.3, -0.25) is 4.79 Å². The zero-order chi connectivity index (χ0) is 18.2. The Morgan fingerprint density at radius 3 is 2.48 bits per heavy atom. The molecule has 0 fully saturated rings. The van der Waals surface area contributed by atoms with Gasteiger partial charge in [0.15, 0.2) is 5.78 Å². The maximum absolute atomic E-state index is 13.0. The van der Waals surface area contributed by atoms with Crippen molar-refractivity contribution in [1.82, 2.24) is 3.97 Å². The molecule has 0 amide bonds. The van der Waals surface area contributed by atoms with Crippen LogP contribution in [0.2, 0.25) is 5.02 Å². The van der Waals surface area contributed by atoms with E-state index in [0.29, 0.717) is 15.9 Å². The fraction of sp³-hybridized carbons (Fsp3) is 0.0556. The molecule has 3 aromatic rings. The van der Waals surface area contributed by atoms with E-state index in [1.54, 1.807) is 36.4 Å². The maximum Gasteiger partial charge on any atom is 0.268 e. The van der Waals surface area contributed by atoms with Crippen molar-refractivity contribution in [2.75, 3.05) is 0 Å². The average molecular weight is 376 g/mol. The van der Waals surface area contributed by atoms with Crippen LogP contribution in [0.5, 0.6) is 0 Å². The molecule has 0 saturated carbocycles. The quantitative estimate of drug-likeness (QED) is 0.552. The molecule has 0 radical (unpaired) electrons. The molecule has 7 heteroatoms. The molecule has 0 unspecified atom stereocenters. The SMILES string of the molecule is CC(=O)/C=C(\O)c1cn(S(=O)(=O)c2ccccc2)c2ccc(Cl)cc12. The van der Waals surface area contributed by atoms with E-state index in [1.165, 1.54) is 25.3 Å². The summed E-state index contributed by atoms with van der Waals surface area (Å²) in [6.45, 7) is 1.29. The van der Waals surface area contributed by atoms with Gasteiger partial charge in [0, 0.05) is 28.2 Å². The summed E-state index contributed by atoms with van der Waals surface area (Å²) in [6, 6.07) is 12.6. The van der Waals surface area contributed by atoms with Crippen molar-refractivity contribution >= 4 is 44.1 Å². The van der Waals surface area contributed by atoms with Crippen LogP contribution in [0.15, 0.2) is 65.7 Å². The monoisotopic (exact) mass is 375 g/mol. The topological polar surface area (TPSA) is 76.4 Å². The van der Waals surface area contributed by atoms with Crippen molar-refractivity contribution in [3.8, 4) is 0 Å². The second kappa shape index (κ2) is 6.38. The lowest BCUT2D eigenvalue weighted by atomic mass is 10.1. The molecule has 1 heterocycles. The molecule has 25 heavy (non-hydrogen) atoms. The molecular weight excluding hydrogens is 362 g/mol. The Balaban J connectivity index is 2.33. The Bertz CT molecular complexity index is 1100. The van der Waals surface area contributed by atoms with Gasteiger partial charge in [0.05, 0.1) is 10.4 Å². The zero-order valence-corrected chi connectivity index (χ0v) is 14.8. The Hall–Kier alpha value is -2.57. The number of carbonyl (C=O) groups is 1. The van der Waals surface area contributed by atoms with Crippen molar-refractivity contribution in [3.05, 3.63) is 71.4 Å². The highest BCUT2D eigenvalue weighted by atomic mass is 35.5. The third kappa shape index (κ3) is 3.18. The summed E-state index contributed by atoms with van der Waals surface area (Å²) in [5.74, 6) is -0.673. The van der Waals surface area contributed by atoms with E-state index in [2.05, 4.69) is 0 Å². The summed E-state index contributed by atoms with van der Waals surface area (Å²) in [6.07, 6.45) is 2.33. The van der Waals surface area contributed by atoms with E-state index in [-0.39, 0.29) is 22.0 Å². The van der Waals surface area contributed by atoms with Crippen LogP contribution in [0.4, 0.5) is 0 Å². The van der Waals surface area contributed by atoms with Gasteiger partial charge >= 0.3 is 0 Å². The molecule has 0 spiro atoms. The number of ketones is 1.